The van der Waals surface area contributed by atoms with Crippen LogP contribution < -0.4 is 5.73 Å². The van der Waals surface area contributed by atoms with Crippen LogP contribution in [0.2, 0.25) is 0 Å². The molecule has 0 aliphatic heterocycles. The molecule has 16 heavy (non-hydrogen) atoms. The molecule has 0 atom stereocenters. The highest BCUT2D eigenvalue weighted by Crippen LogP contribution is 2.30. The molecule has 0 aliphatic rings. The van der Waals surface area contributed by atoms with Crippen LogP contribution in [0.3, 0.4) is 0 Å². The maximum atomic E-state index is 12.8. The first-order valence-corrected chi connectivity index (χ1v) is 3.89. The standard InChI is InChI=1S/C8H7F5N2.ClH/c9-7(10,4-14)6-2-1-5(3-15-6)8(11,12)13;/h1-3H,4,14H2;1H. The zero-order chi connectivity index (χ0) is 11.7. The maximum Gasteiger partial charge on any atom is 0.417 e. The van der Waals surface area contributed by atoms with E-state index in [9.17, 15) is 22.0 Å². The Hall–Kier alpha value is -0.950. The predicted molar refractivity (Wildman–Crippen MR) is 49.4 cm³/mol. The van der Waals surface area contributed by atoms with Crippen LogP contribution in [-0.4, -0.2) is 11.5 Å². The summed E-state index contributed by atoms with van der Waals surface area (Å²) in [6.07, 6.45) is -4.22. The Morgan fingerprint density at radius 3 is 2.00 bits per heavy atom. The Kier molecular flexibility index (Phi) is 4.63. The van der Waals surface area contributed by atoms with Crippen molar-refractivity contribution in [3.8, 4) is 0 Å². The Morgan fingerprint density at radius 2 is 1.69 bits per heavy atom. The van der Waals surface area contributed by atoms with Gasteiger partial charge in [-0.2, -0.15) is 22.0 Å². The summed E-state index contributed by atoms with van der Waals surface area (Å²) in [5.74, 6) is -3.40. The minimum absolute atomic E-state index is 0. The van der Waals surface area contributed by atoms with Crippen molar-refractivity contribution in [3.05, 3.63) is 29.6 Å². The van der Waals surface area contributed by atoms with Crippen LogP contribution in [-0.2, 0) is 12.1 Å². The molecule has 0 unspecified atom stereocenters. The minimum Gasteiger partial charge on any atom is -0.325 e. The molecule has 1 rings (SSSR count). The summed E-state index contributed by atoms with van der Waals surface area (Å²) in [5.41, 5.74) is 2.91. The van der Waals surface area contributed by atoms with Crippen molar-refractivity contribution >= 4 is 12.4 Å². The Balaban J connectivity index is 0.00000225. The van der Waals surface area contributed by atoms with Gasteiger partial charge in [-0.05, 0) is 12.1 Å². The Bertz CT molecular complexity index is 335. The second-order valence-corrected chi connectivity index (χ2v) is 2.84. The van der Waals surface area contributed by atoms with E-state index in [-0.39, 0.29) is 12.4 Å². The van der Waals surface area contributed by atoms with E-state index >= 15 is 0 Å². The van der Waals surface area contributed by atoms with Crippen LogP contribution in [0.25, 0.3) is 0 Å². The van der Waals surface area contributed by atoms with Gasteiger partial charge in [-0.25, -0.2) is 0 Å². The van der Waals surface area contributed by atoms with E-state index in [0.29, 0.717) is 18.3 Å². The number of rotatable bonds is 2. The van der Waals surface area contributed by atoms with Crippen LogP contribution in [0.4, 0.5) is 22.0 Å². The van der Waals surface area contributed by atoms with E-state index in [4.69, 9.17) is 5.73 Å². The van der Waals surface area contributed by atoms with Crippen molar-refractivity contribution in [2.45, 2.75) is 12.1 Å². The number of pyridine rings is 1. The van der Waals surface area contributed by atoms with Crippen molar-refractivity contribution < 1.29 is 22.0 Å². The van der Waals surface area contributed by atoms with Crippen LogP contribution in [0.5, 0.6) is 0 Å². The molecule has 0 saturated heterocycles. The molecule has 0 radical (unpaired) electrons. The highest BCUT2D eigenvalue weighted by molar-refractivity contribution is 5.85. The molecule has 8 heteroatoms. The molecular weight excluding hydrogens is 255 g/mol. The van der Waals surface area contributed by atoms with E-state index in [1.165, 1.54) is 0 Å². The average molecular weight is 263 g/mol. The van der Waals surface area contributed by atoms with Gasteiger partial charge in [-0.15, -0.1) is 12.4 Å². The fraction of sp³-hybridized carbons (Fsp3) is 0.375. The van der Waals surface area contributed by atoms with Crippen molar-refractivity contribution in [3.63, 3.8) is 0 Å². The van der Waals surface area contributed by atoms with E-state index in [1.807, 2.05) is 0 Å². The van der Waals surface area contributed by atoms with Gasteiger partial charge in [0.15, 0.2) is 0 Å². The second-order valence-electron chi connectivity index (χ2n) is 2.84. The van der Waals surface area contributed by atoms with Crippen molar-refractivity contribution in [1.29, 1.82) is 0 Å². The number of nitrogens with two attached hydrogens (primary N) is 1. The fourth-order valence-corrected chi connectivity index (χ4v) is 0.882. The van der Waals surface area contributed by atoms with Crippen LogP contribution >= 0.6 is 12.4 Å². The van der Waals surface area contributed by atoms with Gasteiger partial charge in [-0.1, -0.05) is 0 Å². The predicted octanol–water partition coefficient (Wildman–Crippen LogP) is 2.57. The third-order valence-corrected chi connectivity index (χ3v) is 1.72. The lowest BCUT2D eigenvalue weighted by atomic mass is 10.2. The molecule has 0 spiro atoms. The highest BCUT2D eigenvalue weighted by atomic mass is 35.5. The molecule has 0 aromatic carbocycles. The van der Waals surface area contributed by atoms with Gasteiger partial charge in [-0.3, -0.25) is 4.98 Å². The van der Waals surface area contributed by atoms with Gasteiger partial charge in [0.25, 0.3) is 0 Å². The average Bonchev–Trinajstić information content (AvgIpc) is 2.17. The molecule has 1 heterocycles. The van der Waals surface area contributed by atoms with Crippen molar-refractivity contribution in [1.82, 2.24) is 4.98 Å². The first kappa shape index (κ1) is 15.0. The molecule has 2 nitrogen and oxygen atoms in total. The summed E-state index contributed by atoms with van der Waals surface area (Å²) >= 11 is 0. The number of nitrogens with zero attached hydrogens (tertiary/aromatic N) is 1. The lowest BCUT2D eigenvalue weighted by Crippen LogP contribution is -2.26. The maximum absolute atomic E-state index is 12.8. The minimum atomic E-state index is -4.58. The smallest absolute Gasteiger partial charge is 0.325 e. The molecular formula is C8H8ClF5N2. The summed E-state index contributed by atoms with van der Waals surface area (Å²) in [4.78, 5) is 3.04. The third kappa shape index (κ3) is 3.28. The molecule has 1 aromatic heterocycles. The van der Waals surface area contributed by atoms with E-state index in [0.717, 1.165) is 0 Å². The van der Waals surface area contributed by atoms with Gasteiger partial charge >= 0.3 is 12.1 Å². The first-order chi connectivity index (χ1) is 6.77. The topological polar surface area (TPSA) is 38.9 Å². The summed E-state index contributed by atoms with van der Waals surface area (Å²) < 4.78 is 61.8. The molecule has 0 bridgehead atoms. The molecule has 0 fully saturated rings. The van der Waals surface area contributed by atoms with Crippen LogP contribution in [0, 0.1) is 0 Å². The van der Waals surface area contributed by atoms with Gasteiger partial charge in [0, 0.05) is 6.20 Å². The lowest BCUT2D eigenvalue weighted by molar-refractivity contribution is -0.138. The summed E-state index contributed by atoms with van der Waals surface area (Å²) in [6.45, 7) is -0.995. The number of aromatic nitrogens is 1. The molecule has 2 N–H and O–H groups in total. The summed E-state index contributed by atoms with van der Waals surface area (Å²) in [5, 5.41) is 0. The highest BCUT2D eigenvalue weighted by Gasteiger charge is 2.34. The number of hydrogen-bond acceptors (Lipinski definition) is 2. The molecule has 0 aliphatic carbocycles. The molecule has 0 saturated carbocycles. The number of alkyl halides is 5. The van der Waals surface area contributed by atoms with Crippen LogP contribution in [0.15, 0.2) is 18.3 Å². The van der Waals surface area contributed by atoms with Gasteiger partial charge in [0.2, 0.25) is 0 Å². The monoisotopic (exact) mass is 262 g/mol. The van der Waals surface area contributed by atoms with Gasteiger partial charge in [0.05, 0.1) is 12.1 Å². The lowest BCUT2D eigenvalue weighted by Gasteiger charge is -2.13. The van der Waals surface area contributed by atoms with Crippen molar-refractivity contribution in [2.75, 3.05) is 6.54 Å². The fourth-order valence-electron chi connectivity index (χ4n) is 0.882. The largest absolute Gasteiger partial charge is 0.417 e. The van der Waals surface area contributed by atoms with Crippen LogP contribution in [0.1, 0.15) is 11.3 Å². The first-order valence-electron chi connectivity index (χ1n) is 3.89. The van der Waals surface area contributed by atoms with E-state index < -0.39 is 29.9 Å². The zero-order valence-electron chi connectivity index (χ0n) is 7.76. The molecule has 1 aromatic rings. The van der Waals surface area contributed by atoms with E-state index in [1.54, 1.807) is 0 Å². The van der Waals surface area contributed by atoms with Gasteiger partial charge in [0.1, 0.15) is 5.69 Å². The molecule has 92 valence electrons. The number of hydrogen-bond donors (Lipinski definition) is 1. The Labute approximate surface area is 94.1 Å². The third-order valence-electron chi connectivity index (χ3n) is 1.72. The zero-order valence-corrected chi connectivity index (χ0v) is 8.58. The second kappa shape index (κ2) is 4.92. The normalized spacial score (nSPS) is 12.1. The Morgan fingerprint density at radius 1 is 1.12 bits per heavy atom. The quantitative estimate of drug-likeness (QED) is 0.832. The molecule has 0 amide bonds. The van der Waals surface area contributed by atoms with Crippen molar-refractivity contribution in [2.24, 2.45) is 5.73 Å². The van der Waals surface area contributed by atoms with Gasteiger partial charge < -0.3 is 5.73 Å². The SMILES string of the molecule is Cl.NCC(F)(F)c1ccc(C(F)(F)F)cn1. The number of halogens is 6. The van der Waals surface area contributed by atoms with E-state index in [2.05, 4.69) is 4.98 Å². The summed E-state index contributed by atoms with van der Waals surface area (Å²) in [7, 11) is 0. The summed E-state index contributed by atoms with van der Waals surface area (Å²) in [6, 6.07) is 1.17.